The standard InChI is InChI=1S/C20H38N4O5S2/c1-11(2)8-13(21)17(25)22-14(6-7-31-5)18(26)23-15(9-12(3)4)19(27)24-16(10-30)20(28)29/h11-16,30H,6-10,21H2,1-5H3,(H,22,25)(H,23,26)(H,24,27)(H,28,29)/t13-,14-,15-,16-/m0/s1. The van der Waals surface area contributed by atoms with Crippen molar-refractivity contribution in [2.24, 2.45) is 17.6 Å². The number of thiol groups is 1. The number of carbonyl (C=O) groups excluding carboxylic acids is 3. The van der Waals surface area contributed by atoms with Gasteiger partial charge in [-0.05, 0) is 43.1 Å². The quantitative estimate of drug-likeness (QED) is 0.189. The Hall–Kier alpha value is -1.46. The fourth-order valence-electron chi connectivity index (χ4n) is 2.83. The first-order valence-electron chi connectivity index (χ1n) is 10.4. The van der Waals surface area contributed by atoms with Crippen molar-refractivity contribution in [1.82, 2.24) is 16.0 Å². The maximum atomic E-state index is 12.9. The average molecular weight is 479 g/mol. The Labute approximate surface area is 194 Å². The lowest BCUT2D eigenvalue weighted by molar-refractivity contribution is -0.141. The van der Waals surface area contributed by atoms with E-state index in [0.717, 1.165) is 0 Å². The monoisotopic (exact) mass is 478 g/mol. The molecular weight excluding hydrogens is 440 g/mol. The maximum absolute atomic E-state index is 12.9. The van der Waals surface area contributed by atoms with E-state index in [-0.39, 0.29) is 17.6 Å². The third-order valence-electron chi connectivity index (χ3n) is 4.44. The lowest BCUT2D eigenvalue weighted by Gasteiger charge is -2.26. The van der Waals surface area contributed by atoms with Gasteiger partial charge >= 0.3 is 5.97 Å². The molecule has 9 nitrogen and oxygen atoms in total. The second-order valence-electron chi connectivity index (χ2n) is 8.35. The van der Waals surface area contributed by atoms with Crippen molar-refractivity contribution in [2.75, 3.05) is 17.8 Å². The van der Waals surface area contributed by atoms with Crippen LogP contribution in [0.15, 0.2) is 0 Å². The van der Waals surface area contributed by atoms with Crippen LogP contribution in [-0.4, -0.2) is 70.7 Å². The van der Waals surface area contributed by atoms with Crippen molar-refractivity contribution in [3.05, 3.63) is 0 Å². The molecule has 0 radical (unpaired) electrons. The minimum Gasteiger partial charge on any atom is -0.480 e. The molecule has 0 aromatic rings. The van der Waals surface area contributed by atoms with Crippen molar-refractivity contribution < 1.29 is 24.3 Å². The highest BCUT2D eigenvalue weighted by Gasteiger charge is 2.30. The van der Waals surface area contributed by atoms with E-state index in [1.54, 1.807) is 0 Å². The molecule has 0 aliphatic rings. The topological polar surface area (TPSA) is 151 Å². The zero-order valence-electron chi connectivity index (χ0n) is 19.0. The molecule has 0 rings (SSSR count). The largest absolute Gasteiger partial charge is 0.480 e. The lowest BCUT2D eigenvalue weighted by Crippen LogP contribution is -2.57. The van der Waals surface area contributed by atoms with Crippen LogP contribution in [0, 0.1) is 11.8 Å². The predicted octanol–water partition coefficient (Wildman–Crippen LogP) is 0.628. The minimum atomic E-state index is -1.21. The van der Waals surface area contributed by atoms with Crippen molar-refractivity contribution in [3.8, 4) is 0 Å². The molecule has 0 fully saturated rings. The van der Waals surface area contributed by atoms with Crippen LogP contribution < -0.4 is 21.7 Å². The van der Waals surface area contributed by atoms with Gasteiger partial charge in [0, 0.05) is 5.75 Å². The number of carboxylic acids is 1. The molecule has 0 heterocycles. The minimum absolute atomic E-state index is 0.0639. The van der Waals surface area contributed by atoms with Crippen LogP contribution in [0.5, 0.6) is 0 Å². The molecule has 4 atom stereocenters. The number of rotatable bonds is 15. The molecular formula is C20H38N4O5S2. The van der Waals surface area contributed by atoms with Crippen molar-refractivity contribution in [3.63, 3.8) is 0 Å². The first kappa shape index (κ1) is 29.5. The van der Waals surface area contributed by atoms with Gasteiger partial charge in [0.05, 0.1) is 6.04 Å². The van der Waals surface area contributed by atoms with E-state index in [0.29, 0.717) is 25.0 Å². The molecule has 6 N–H and O–H groups in total. The number of hydrogen-bond acceptors (Lipinski definition) is 7. The molecule has 0 unspecified atom stereocenters. The van der Waals surface area contributed by atoms with Crippen LogP contribution >= 0.6 is 24.4 Å². The summed E-state index contributed by atoms with van der Waals surface area (Å²) in [4.78, 5) is 49.2. The van der Waals surface area contributed by atoms with Crippen molar-refractivity contribution in [2.45, 2.75) is 71.1 Å². The molecule has 0 bridgehead atoms. The fourth-order valence-corrected chi connectivity index (χ4v) is 3.55. The fraction of sp³-hybridized carbons (Fsp3) is 0.800. The van der Waals surface area contributed by atoms with E-state index in [1.807, 2.05) is 34.0 Å². The molecule has 31 heavy (non-hydrogen) atoms. The van der Waals surface area contributed by atoms with Crippen LogP contribution in [0.3, 0.4) is 0 Å². The zero-order valence-corrected chi connectivity index (χ0v) is 20.7. The van der Waals surface area contributed by atoms with Crippen LogP contribution in [-0.2, 0) is 19.2 Å². The highest BCUT2D eigenvalue weighted by Crippen LogP contribution is 2.09. The van der Waals surface area contributed by atoms with E-state index in [4.69, 9.17) is 10.8 Å². The Morgan fingerprint density at radius 1 is 0.871 bits per heavy atom. The van der Waals surface area contributed by atoms with Crippen LogP contribution in [0.4, 0.5) is 0 Å². The summed E-state index contributed by atoms with van der Waals surface area (Å²) >= 11 is 5.47. The Morgan fingerprint density at radius 2 is 1.35 bits per heavy atom. The van der Waals surface area contributed by atoms with Gasteiger partial charge in [-0.1, -0.05) is 27.7 Å². The Morgan fingerprint density at radius 3 is 1.81 bits per heavy atom. The maximum Gasteiger partial charge on any atom is 0.327 e. The number of nitrogens with one attached hydrogen (secondary N) is 3. The highest BCUT2D eigenvalue weighted by molar-refractivity contribution is 7.98. The van der Waals surface area contributed by atoms with Gasteiger partial charge in [-0.2, -0.15) is 24.4 Å². The highest BCUT2D eigenvalue weighted by atomic mass is 32.2. The van der Waals surface area contributed by atoms with Gasteiger partial charge in [-0.3, -0.25) is 14.4 Å². The predicted molar refractivity (Wildman–Crippen MR) is 127 cm³/mol. The second-order valence-corrected chi connectivity index (χ2v) is 9.70. The number of aliphatic carboxylic acids is 1. The van der Waals surface area contributed by atoms with Gasteiger partial charge in [0.1, 0.15) is 18.1 Å². The van der Waals surface area contributed by atoms with Gasteiger partial charge < -0.3 is 26.8 Å². The molecule has 0 aromatic heterocycles. The molecule has 0 aromatic carbocycles. The summed E-state index contributed by atoms with van der Waals surface area (Å²) in [6.45, 7) is 7.68. The molecule has 0 saturated heterocycles. The number of nitrogens with two attached hydrogens (primary N) is 1. The Bertz CT molecular complexity index is 604. The molecule has 0 spiro atoms. The van der Waals surface area contributed by atoms with Gasteiger partial charge in [-0.25, -0.2) is 4.79 Å². The summed E-state index contributed by atoms with van der Waals surface area (Å²) in [5, 5.41) is 16.9. The molecule has 180 valence electrons. The first-order valence-corrected chi connectivity index (χ1v) is 12.4. The molecule has 0 aliphatic carbocycles. The van der Waals surface area contributed by atoms with E-state index in [9.17, 15) is 19.2 Å². The van der Waals surface area contributed by atoms with Gasteiger partial charge in [0.2, 0.25) is 17.7 Å². The number of thioether (sulfide) groups is 1. The van der Waals surface area contributed by atoms with E-state index in [1.165, 1.54) is 11.8 Å². The number of amides is 3. The number of hydrogen-bond donors (Lipinski definition) is 6. The SMILES string of the molecule is CSCC[C@H](NC(=O)[C@@H](N)CC(C)C)C(=O)N[C@@H](CC(C)C)C(=O)N[C@@H](CS)C(=O)O. The lowest BCUT2D eigenvalue weighted by atomic mass is 10.0. The third-order valence-corrected chi connectivity index (χ3v) is 5.45. The van der Waals surface area contributed by atoms with E-state index in [2.05, 4.69) is 28.6 Å². The Balaban J connectivity index is 5.35. The summed E-state index contributed by atoms with van der Waals surface area (Å²) in [5.74, 6) is -1.89. The van der Waals surface area contributed by atoms with Crippen LogP contribution in [0.2, 0.25) is 0 Å². The van der Waals surface area contributed by atoms with Crippen LogP contribution in [0.1, 0.15) is 47.0 Å². The van der Waals surface area contributed by atoms with Crippen LogP contribution in [0.25, 0.3) is 0 Å². The summed E-state index contributed by atoms with van der Waals surface area (Å²) in [6, 6.07) is -3.68. The van der Waals surface area contributed by atoms with Gasteiger partial charge in [0.15, 0.2) is 0 Å². The summed E-state index contributed by atoms with van der Waals surface area (Å²) in [5.41, 5.74) is 5.93. The molecule has 0 aliphatic heterocycles. The first-order chi connectivity index (χ1) is 14.4. The van der Waals surface area contributed by atoms with Gasteiger partial charge in [-0.15, -0.1) is 0 Å². The number of carbonyl (C=O) groups is 4. The smallest absolute Gasteiger partial charge is 0.327 e. The second kappa shape index (κ2) is 15.4. The van der Waals surface area contributed by atoms with Crippen molar-refractivity contribution >= 4 is 48.1 Å². The third kappa shape index (κ3) is 12.2. The average Bonchev–Trinajstić information content (AvgIpc) is 2.66. The summed E-state index contributed by atoms with van der Waals surface area (Å²) < 4.78 is 0. The Kier molecular flexibility index (Phi) is 14.6. The molecule has 3 amide bonds. The molecule has 0 saturated carbocycles. The summed E-state index contributed by atoms with van der Waals surface area (Å²) in [7, 11) is 0. The van der Waals surface area contributed by atoms with Gasteiger partial charge in [0.25, 0.3) is 0 Å². The summed E-state index contributed by atoms with van der Waals surface area (Å²) in [6.07, 6.45) is 3.06. The number of carboxylic acid groups (broad SMARTS) is 1. The normalized spacial score (nSPS) is 15.1. The molecule has 11 heteroatoms. The zero-order chi connectivity index (χ0) is 24.1. The van der Waals surface area contributed by atoms with E-state index >= 15 is 0 Å². The van der Waals surface area contributed by atoms with E-state index < -0.39 is 47.9 Å². The van der Waals surface area contributed by atoms with Crippen molar-refractivity contribution in [1.29, 1.82) is 0 Å².